The molecule has 30 heavy (non-hydrogen) atoms. The van der Waals surface area contributed by atoms with Crippen LogP contribution in [0.25, 0.3) is 5.57 Å². The Hall–Kier alpha value is -2.56. The molecule has 1 aromatic carbocycles. The average molecular weight is 426 g/mol. The molecule has 0 bridgehead atoms. The van der Waals surface area contributed by atoms with Crippen molar-refractivity contribution in [1.29, 1.82) is 0 Å². The van der Waals surface area contributed by atoms with Crippen molar-refractivity contribution < 1.29 is 4.39 Å². The molecule has 0 radical (unpaired) electrons. The predicted octanol–water partition coefficient (Wildman–Crippen LogP) is 6.85. The molecular weight excluding hydrogens is 397 g/mol. The van der Waals surface area contributed by atoms with E-state index in [1.807, 2.05) is 25.1 Å². The van der Waals surface area contributed by atoms with E-state index in [1.165, 1.54) is 11.6 Å². The number of allylic oxidation sites excluding steroid dienone is 4. The third kappa shape index (κ3) is 7.05. The van der Waals surface area contributed by atoms with Crippen molar-refractivity contribution in [3.8, 4) is 0 Å². The number of hydrogen-bond acceptors (Lipinski definition) is 3. The van der Waals surface area contributed by atoms with Crippen molar-refractivity contribution in [2.45, 2.75) is 39.7 Å². The molecule has 0 fully saturated rings. The van der Waals surface area contributed by atoms with Gasteiger partial charge in [0.2, 0.25) is 0 Å². The maximum Gasteiger partial charge on any atom is 0.141 e. The van der Waals surface area contributed by atoms with E-state index in [1.54, 1.807) is 18.3 Å². The molecule has 0 aliphatic rings. The molecule has 0 atom stereocenters. The molecule has 1 N–H and O–H groups in total. The monoisotopic (exact) mass is 425 g/mol. The SMILES string of the molecule is C=Nc1c(C(=C)CCc2ccc(F)c(Cl)c2)ccnc1CNCC/C(C)=C/C=C\C. The Morgan fingerprint density at radius 2 is 2.10 bits per heavy atom. The van der Waals surface area contributed by atoms with Crippen LogP contribution in [0.2, 0.25) is 5.02 Å². The van der Waals surface area contributed by atoms with Crippen LogP contribution in [0.3, 0.4) is 0 Å². The number of nitrogens with one attached hydrogen (secondary N) is 1. The zero-order chi connectivity index (χ0) is 21.9. The molecule has 0 saturated heterocycles. The zero-order valence-electron chi connectivity index (χ0n) is 17.7. The van der Waals surface area contributed by atoms with E-state index in [2.05, 4.69) is 41.6 Å². The van der Waals surface area contributed by atoms with E-state index in [0.717, 1.165) is 41.0 Å². The van der Waals surface area contributed by atoms with E-state index in [-0.39, 0.29) is 5.02 Å². The number of halogens is 2. The molecule has 3 nitrogen and oxygen atoms in total. The molecule has 0 saturated carbocycles. The summed E-state index contributed by atoms with van der Waals surface area (Å²) < 4.78 is 13.3. The first-order chi connectivity index (χ1) is 14.5. The standard InChI is InChI=1S/C25H29ClFN3/c1-5-6-7-18(2)12-14-29-17-24-25(28-4)21(13-15-30-24)19(3)8-9-20-10-11-23(27)22(26)16-20/h5-7,10-11,13,15-16,29H,3-4,8-9,12,14,17H2,1-2H3/b6-5-,18-7+. The van der Waals surface area contributed by atoms with Crippen LogP contribution in [0.5, 0.6) is 0 Å². The summed E-state index contributed by atoms with van der Waals surface area (Å²) in [5, 5.41) is 3.56. The summed E-state index contributed by atoms with van der Waals surface area (Å²) in [6.07, 6.45) is 10.3. The third-order valence-corrected chi connectivity index (χ3v) is 5.09. The number of nitrogens with zero attached hydrogens (tertiary/aromatic N) is 2. The Bertz CT molecular complexity index is 947. The van der Waals surface area contributed by atoms with E-state index in [9.17, 15) is 4.39 Å². The van der Waals surface area contributed by atoms with E-state index in [0.29, 0.717) is 19.4 Å². The fourth-order valence-corrected chi connectivity index (χ4v) is 3.25. The van der Waals surface area contributed by atoms with Crippen LogP contribution in [0, 0.1) is 5.82 Å². The summed E-state index contributed by atoms with van der Waals surface area (Å²) in [5.41, 5.74) is 5.77. The summed E-state index contributed by atoms with van der Waals surface area (Å²) in [4.78, 5) is 8.70. The van der Waals surface area contributed by atoms with Crippen LogP contribution >= 0.6 is 11.6 Å². The lowest BCUT2D eigenvalue weighted by Gasteiger charge is -2.13. The molecule has 2 rings (SSSR count). The van der Waals surface area contributed by atoms with Crippen LogP contribution in [0.4, 0.5) is 10.1 Å². The van der Waals surface area contributed by atoms with Crippen molar-refractivity contribution in [1.82, 2.24) is 10.3 Å². The molecular formula is C25H29ClFN3. The zero-order valence-corrected chi connectivity index (χ0v) is 18.5. The van der Waals surface area contributed by atoms with Gasteiger partial charge in [-0.15, -0.1) is 0 Å². The van der Waals surface area contributed by atoms with Crippen molar-refractivity contribution in [3.63, 3.8) is 0 Å². The van der Waals surface area contributed by atoms with E-state index < -0.39 is 5.82 Å². The number of aryl methyl sites for hydroxylation is 1. The fourth-order valence-electron chi connectivity index (χ4n) is 3.05. The molecule has 0 spiro atoms. The van der Waals surface area contributed by atoms with E-state index in [4.69, 9.17) is 11.6 Å². The second-order valence-electron chi connectivity index (χ2n) is 7.13. The Morgan fingerprint density at radius 1 is 1.30 bits per heavy atom. The molecule has 0 aliphatic carbocycles. The first-order valence-electron chi connectivity index (χ1n) is 10.0. The van der Waals surface area contributed by atoms with Crippen molar-refractivity contribution in [2.75, 3.05) is 6.54 Å². The summed E-state index contributed by atoms with van der Waals surface area (Å²) in [7, 11) is 0. The Balaban J connectivity index is 2.00. The van der Waals surface area contributed by atoms with Gasteiger partial charge < -0.3 is 5.32 Å². The average Bonchev–Trinajstić information content (AvgIpc) is 2.75. The highest BCUT2D eigenvalue weighted by Crippen LogP contribution is 2.30. The number of aliphatic imine (C=N–C) groups is 1. The number of hydrogen-bond donors (Lipinski definition) is 1. The van der Waals surface area contributed by atoms with Gasteiger partial charge in [-0.25, -0.2) is 4.39 Å². The molecule has 0 amide bonds. The number of aromatic nitrogens is 1. The maximum atomic E-state index is 13.3. The molecule has 1 aromatic heterocycles. The number of benzene rings is 1. The largest absolute Gasteiger partial charge is 0.311 e. The van der Waals surface area contributed by atoms with Crippen LogP contribution in [0.15, 0.2) is 65.8 Å². The highest BCUT2D eigenvalue weighted by atomic mass is 35.5. The maximum absolute atomic E-state index is 13.3. The van der Waals surface area contributed by atoms with Gasteiger partial charge in [-0.1, -0.05) is 48.0 Å². The molecule has 5 heteroatoms. The molecule has 0 aliphatic heterocycles. The fraction of sp³-hybridized carbons (Fsp3) is 0.280. The normalized spacial score (nSPS) is 11.8. The Morgan fingerprint density at radius 3 is 2.80 bits per heavy atom. The molecule has 2 aromatic rings. The van der Waals surface area contributed by atoms with Crippen molar-refractivity contribution in [3.05, 3.63) is 88.5 Å². The number of pyridine rings is 1. The smallest absolute Gasteiger partial charge is 0.141 e. The third-order valence-electron chi connectivity index (χ3n) is 4.80. The minimum atomic E-state index is -0.406. The predicted molar refractivity (Wildman–Crippen MR) is 127 cm³/mol. The molecule has 1 heterocycles. The van der Waals surface area contributed by atoms with Gasteiger partial charge in [-0.3, -0.25) is 9.98 Å². The first kappa shape index (κ1) is 23.7. The van der Waals surface area contributed by atoms with Crippen LogP contribution in [-0.2, 0) is 13.0 Å². The van der Waals surface area contributed by atoms with Crippen LogP contribution in [0.1, 0.15) is 43.5 Å². The van der Waals surface area contributed by atoms with Gasteiger partial charge in [-0.05, 0) is 75.7 Å². The summed E-state index contributed by atoms with van der Waals surface area (Å²) in [6, 6.07) is 6.71. The van der Waals surface area contributed by atoms with Gasteiger partial charge in [0.1, 0.15) is 5.82 Å². The number of rotatable bonds is 11. The second kappa shape index (κ2) is 12.2. The van der Waals surface area contributed by atoms with Gasteiger partial charge >= 0.3 is 0 Å². The van der Waals surface area contributed by atoms with Crippen LogP contribution < -0.4 is 5.32 Å². The van der Waals surface area contributed by atoms with Crippen molar-refractivity contribution in [2.24, 2.45) is 4.99 Å². The summed E-state index contributed by atoms with van der Waals surface area (Å²) in [6.45, 7) is 13.5. The van der Waals surface area contributed by atoms with E-state index >= 15 is 0 Å². The quantitative estimate of drug-likeness (QED) is 0.242. The first-order valence-corrected chi connectivity index (χ1v) is 10.4. The van der Waals surface area contributed by atoms with Gasteiger partial charge in [-0.2, -0.15) is 0 Å². The minimum absolute atomic E-state index is 0.139. The van der Waals surface area contributed by atoms with Gasteiger partial charge in [0.25, 0.3) is 0 Å². The summed E-state index contributed by atoms with van der Waals surface area (Å²) in [5.74, 6) is -0.406. The lowest BCUT2D eigenvalue weighted by molar-refractivity contribution is 0.627. The second-order valence-corrected chi connectivity index (χ2v) is 7.54. The molecule has 0 unspecified atom stereocenters. The Kier molecular flexibility index (Phi) is 9.65. The Labute approximate surface area is 184 Å². The van der Waals surface area contributed by atoms with Gasteiger partial charge in [0, 0.05) is 18.3 Å². The topological polar surface area (TPSA) is 37.3 Å². The lowest BCUT2D eigenvalue weighted by Crippen LogP contribution is -2.16. The van der Waals surface area contributed by atoms with Crippen molar-refractivity contribution >= 4 is 29.6 Å². The van der Waals surface area contributed by atoms with Gasteiger partial charge in [0.05, 0.1) is 16.4 Å². The van der Waals surface area contributed by atoms with Crippen LogP contribution in [-0.4, -0.2) is 18.2 Å². The highest BCUT2D eigenvalue weighted by Gasteiger charge is 2.11. The highest BCUT2D eigenvalue weighted by molar-refractivity contribution is 6.30. The van der Waals surface area contributed by atoms with Gasteiger partial charge in [0.15, 0.2) is 0 Å². The molecule has 158 valence electrons. The lowest BCUT2D eigenvalue weighted by atomic mass is 9.98. The minimum Gasteiger partial charge on any atom is -0.311 e. The summed E-state index contributed by atoms with van der Waals surface area (Å²) >= 11 is 5.88.